The van der Waals surface area contributed by atoms with Gasteiger partial charge in [-0.15, -0.1) is 0 Å². The Morgan fingerprint density at radius 1 is 1.12 bits per heavy atom. The summed E-state index contributed by atoms with van der Waals surface area (Å²) in [6.07, 6.45) is 3.64. The minimum Gasteiger partial charge on any atom is -0.439 e. The summed E-state index contributed by atoms with van der Waals surface area (Å²) in [6, 6.07) is 19.0. The average molecular weight is 426 g/mol. The van der Waals surface area contributed by atoms with Gasteiger partial charge >= 0.3 is 5.63 Å². The van der Waals surface area contributed by atoms with Crippen molar-refractivity contribution in [1.29, 1.82) is 5.26 Å². The second-order valence-corrected chi connectivity index (χ2v) is 7.49. The fourth-order valence-electron chi connectivity index (χ4n) is 4.06. The van der Waals surface area contributed by atoms with Crippen molar-refractivity contribution in [3.63, 3.8) is 0 Å². The number of halogens is 1. The first-order valence-electron chi connectivity index (χ1n) is 9.92. The third kappa shape index (κ3) is 3.28. The predicted octanol–water partition coefficient (Wildman–Crippen LogP) is 3.49. The van der Waals surface area contributed by atoms with Crippen LogP contribution in [0.1, 0.15) is 22.6 Å². The largest absolute Gasteiger partial charge is 0.439 e. The van der Waals surface area contributed by atoms with E-state index in [1.54, 1.807) is 42.5 Å². The number of allylic oxidation sites excluding steroid dienone is 1. The van der Waals surface area contributed by atoms with E-state index in [1.807, 2.05) is 23.0 Å². The number of ether oxygens (including phenoxy) is 1. The molecule has 1 unspecified atom stereocenters. The van der Waals surface area contributed by atoms with E-state index in [1.165, 1.54) is 12.1 Å². The van der Waals surface area contributed by atoms with Crippen LogP contribution < -0.4 is 20.7 Å². The first kappa shape index (κ1) is 19.5. The lowest BCUT2D eigenvalue weighted by Gasteiger charge is -2.25. The van der Waals surface area contributed by atoms with Gasteiger partial charge in [-0.2, -0.15) is 5.26 Å². The molecule has 0 fully saturated rings. The number of nitrogens with two attached hydrogens (primary N) is 1. The summed E-state index contributed by atoms with van der Waals surface area (Å²) in [7, 11) is 0. The van der Waals surface area contributed by atoms with Crippen LogP contribution in [0.5, 0.6) is 5.75 Å². The van der Waals surface area contributed by atoms with Gasteiger partial charge in [-0.3, -0.25) is 0 Å². The van der Waals surface area contributed by atoms with E-state index in [0.29, 0.717) is 28.8 Å². The van der Waals surface area contributed by atoms with E-state index in [9.17, 15) is 14.4 Å². The highest BCUT2D eigenvalue weighted by atomic mass is 19.1. The zero-order valence-electron chi connectivity index (χ0n) is 16.8. The van der Waals surface area contributed by atoms with Gasteiger partial charge in [-0.1, -0.05) is 24.3 Å². The Morgan fingerprint density at radius 2 is 1.97 bits per heavy atom. The number of aromatic nitrogens is 1. The van der Waals surface area contributed by atoms with E-state index < -0.39 is 11.5 Å². The maximum Gasteiger partial charge on any atom is 0.344 e. The fourth-order valence-corrected chi connectivity index (χ4v) is 4.06. The summed E-state index contributed by atoms with van der Waals surface area (Å²) >= 11 is 0. The molecule has 4 aromatic rings. The number of fused-ring (bicyclic) bond motifs is 3. The van der Waals surface area contributed by atoms with Gasteiger partial charge in [0.15, 0.2) is 24.7 Å². The first-order chi connectivity index (χ1) is 15.5. The molecule has 1 aliphatic rings. The Bertz CT molecular complexity index is 1500. The predicted molar refractivity (Wildman–Crippen MR) is 114 cm³/mol. The molecule has 0 radical (unpaired) electrons. The van der Waals surface area contributed by atoms with Gasteiger partial charge in [-0.25, -0.2) is 13.8 Å². The quantitative estimate of drug-likeness (QED) is 0.400. The molecule has 0 bridgehead atoms. The molecule has 0 amide bonds. The van der Waals surface area contributed by atoms with Gasteiger partial charge in [0.05, 0.1) is 16.9 Å². The highest BCUT2D eigenvalue weighted by molar-refractivity contribution is 5.85. The third-order valence-corrected chi connectivity index (χ3v) is 5.44. The molecule has 7 heteroatoms. The van der Waals surface area contributed by atoms with Crippen LogP contribution >= 0.6 is 0 Å². The number of pyridine rings is 1. The van der Waals surface area contributed by atoms with Crippen molar-refractivity contribution >= 4 is 11.0 Å². The van der Waals surface area contributed by atoms with Crippen LogP contribution in [0.25, 0.3) is 11.0 Å². The number of para-hydroxylation sites is 1. The third-order valence-electron chi connectivity index (χ3n) is 5.44. The molecule has 0 saturated carbocycles. The van der Waals surface area contributed by atoms with Crippen molar-refractivity contribution in [3.8, 4) is 11.8 Å². The smallest absolute Gasteiger partial charge is 0.344 e. The van der Waals surface area contributed by atoms with Crippen LogP contribution in [-0.2, 0) is 6.54 Å². The Kier molecular flexibility index (Phi) is 4.68. The zero-order chi connectivity index (χ0) is 22.2. The molecule has 0 saturated heterocycles. The van der Waals surface area contributed by atoms with E-state index in [-0.39, 0.29) is 22.8 Å². The molecule has 0 aliphatic carbocycles. The van der Waals surface area contributed by atoms with Crippen LogP contribution in [0.4, 0.5) is 4.39 Å². The van der Waals surface area contributed by atoms with Crippen LogP contribution in [-0.4, -0.2) is 0 Å². The van der Waals surface area contributed by atoms with E-state index in [2.05, 4.69) is 6.07 Å². The Balaban J connectivity index is 1.67. The van der Waals surface area contributed by atoms with Crippen LogP contribution in [0.3, 0.4) is 0 Å². The van der Waals surface area contributed by atoms with Crippen LogP contribution in [0.2, 0.25) is 0 Å². The zero-order valence-corrected chi connectivity index (χ0v) is 16.8. The van der Waals surface area contributed by atoms with Crippen molar-refractivity contribution in [1.82, 2.24) is 0 Å². The van der Waals surface area contributed by atoms with Crippen molar-refractivity contribution in [3.05, 3.63) is 117 Å². The molecule has 1 aliphatic heterocycles. The molecule has 1 atom stereocenters. The average Bonchev–Trinajstić information content (AvgIpc) is 2.78. The summed E-state index contributed by atoms with van der Waals surface area (Å²) in [5.74, 6) is -0.839. The number of rotatable bonds is 3. The summed E-state index contributed by atoms with van der Waals surface area (Å²) in [4.78, 5) is 13.0. The molecule has 0 spiro atoms. The molecular formula is C25H17FN3O3+. The molecule has 2 N–H and O–H groups in total. The van der Waals surface area contributed by atoms with Gasteiger partial charge in [0, 0.05) is 17.2 Å². The van der Waals surface area contributed by atoms with Gasteiger partial charge in [0.1, 0.15) is 23.0 Å². The molecule has 2 aromatic heterocycles. The Labute approximate surface area is 182 Å². The van der Waals surface area contributed by atoms with Crippen molar-refractivity contribution < 1.29 is 18.1 Å². The molecule has 5 rings (SSSR count). The van der Waals surface area contributed by atoms with Gasteiger partial charge in [-0.05, 0) is 30.3 Å². The number of benzene rings is 2. The fraction of sp³-hybridized carbons (Fsp3) is 0.0800. The summed E-state index contributed by atoms with van der Waals surface area (Å²) in [5.41, 5.74) is 7.67. The van der Waals surface area contributed by atoms with Crippen LogP contribution in [0, 0.1) is 17.1 Å². The lowest BCUT2D eigenvalue weighted by atomic mass is 9.84. The lowest BCUT2D eigenvalue weighted by Crippen LogP contribution is -2.35. The summed E-state index contributed by atoms with van der Waals surface area (Å²) < 4.78 is 26.7. The molecule has 6 nitrogen and oxygen atoms in total. The number of hydrogen-bond donors (Lipinski definition) is 1. The summed E-state index contributed by atoms with van der Waals surface area (Å²) in [5, 5.41) is 10.4. The van der Waals surface area contributed by atoms with Crippen molar-refractivity contribution in [2.24, 2.45) is 5.73 Å². The Morgan fingerprint density at radius 3 is 2.78 bits per heavy atom. The highest BCUT2D eigenvalue weighted by Crippen LogP contribution is 2.43. The normalized spacial score (nSPS) is 15.2. The minimum absolute atomic E-state index is 0.0544. The monoisotopic (exact) mass is 426 g/mol. The molecule has 156 valence electrons. The number of nitrogens with zero attached hydrogens (tertiary/aromatic N) is 2. The first-order valence-corrected chi connectivity index (χ1v) is 9.92. The molecule has 2 aromatic carbocycles. The minimum atomic E-state index is -0.760. The van der Waals surface area contributed by atoms with Crippen LogP contribution in [0.15, 0.2) is 93.7 Å². The van der Waals surface area contributed by atoms with E-state index in [4.69, 9.17) is 14.9 Å². The topological polar surface area (TPSA) is 93.1 Å². The second kappa shape index (κ2) is 7.67. The SMILES string of the molecule is N#CC1=C(N)Oc2c(c(=O)oc3ccccc23)C1c1ccc[n+](Cc2cccc(F)c2)c1. The standard InChI is InChI=1S/C25H17FN3O3/c26-17-7-3-5-15(11-17)13-29-10-4-6-16(14-29)21-19(12-27)24(28)32-23-18-8-1-2-9-20(18)31-25(30)22(21)23/h1-11,14,21H,13,28H2/q+1. The molecular weight excluding hydrogens is 409 g/mol. The van der Waals surface area contributed by atoms with Gasteiger partial charge in [0.2, 0.25) is 5.88 Å². The number of hydrogen-bond acceptors (Lipinski definition) is 5. The van der Waals surface area contributed by atoms with Gasteiger partial charge < -0.3 is 14.9 Å². The lowest BCUT2D eigenvalue weighted by molar-refractivity contribution is -0.688. The highest BCUT2D eigenvalue weighted by Gasteiger charge is 2.36. The Hall–Kier alpha value is -4.44. The molecule has 32 heavy (non-hydrogen) atoms. The number of nitriles is 1. The van der Waals surface area contributed by atoms with E-state index in [0.717, 1.165) is 5.56 Å². The summed E-state index contributed by atoms with van der Waals surface area (Å²) in [6.45, 7) is 0.412. The molecule has 3 heterocycles. The maximum atomic E-state index is 13.6. The van der Waals surface area contributed by atoms with E-state index >= 15 is 0 Å². The van der Waals surface area contributed by atoms with Crippen molar-refractivity contribution in [2.45, 2.75) is 12.5 Å². The van der Waals surface area contributed by atoms with Gasteiger partial charge in [0.25, 0.3) is 0 Å². The van der Waals surface area contributed by atoms with Crippen molar-refractivity contribution in [2.75, 3.05) is 0 Å². The second-order valence-electron chi connectivity index (χ2n) is 7.49. The maximum absolute atomic E-state index is 13.6.